The van der Waals surface area contributed by atoms with Gasteiger partial charge in [-0.1, -0.05) is 29.8 Å². The quantitative estimate of drug-likeness (QED) is 0.524. The molecule has 0 aliphatic heterocycles. The number of benzene rings is 1. The summed E-state index contributed by atoms with van der Waals surface area (Å²) in [6, 6.07) is 7.77. The van der Waals surface area contributed by atoms with Crippen molar-refractivity contribution >= 4 is 5.78 Å². The summed E-state index contributed by atoms with van der Waals surface area (Å²) in [5.74, 6) is 0.216. The summed E-state index contributed by atoms with van der Waals surface area (Å²) in [5.41, 5.74) is 1.99. The zero-order chi connectivity index (χ0) is 13.4. The Labute approximate surface area is 110 Å². The van der Waals surface area contributed by atoms with Crippen molar-refractivity contribution in [3.8, 4) is 0 Å². The highest BCUT2D eigenvalue weighted by atomic mass is 16.5. The van der Waals surface area contributed by atoms with Crippen LogP contribution in [0.4, 0.5) is 0 Å². The molecular weight excluding hydrogens is 226 g/mol. The molecule has 1 aromatic carbocycles. The van der Waals surface area contributed by atoms with E-state index in [2.05, 4.69) is 4.90 Å². The molecule has 0 fully saturated rings. The molecule has 3 nitrogen and oxygen atoms in total. The minimum atomic E-state index is 0.216. The molecule has 0 saturated heterocycles. The Balaban J connectivity index is 2.30. The van der Waals surface area contributed by atoms with E-state index in [4.69, 9.17) is 4.74 Å². The minimum Gasteiger partial charge on any atom is -0.385 e. The van der Waals surface area contributed by atoms with Crippen molar-refractivity contribution in [2.45, 2.75) is 19.8 Å². The Hall–Kier alpha value is -1.19. The molecule has 0 aliphatic carbocycles. The predicted molar refractivity (Wildman–Crippen MR) is 74.1 cm³/mol. The topological polar surface area (TPSA) is 29.5 Å². The van der Waals surface area contributed by atoms with Crippen molar-refractivity contribution in [2.75, 3.05) is 33.9 Å². The van der Waals surface area contributed by atoms with E-state index in [9.17, 15) is 4.79 Å². The van der Waals surface area contributed by atoms with Gasteiger partial charge in [-0.25, -0.2) is 0 Å². The van der Waals surface area contributed by atoms with E-state index in [1.54, 1.807) is 7.11 Å². The molecule has 0 amide bonds. The minimum absolute atomic E-state index is 0.216. The molecule has 0 atom stereocenters. The van der Waals surface area contributed by atoms with Gasteiger partial charge >= 0.3 is 0 Å². The van der Waals surface area contributed by atoms with E-state index in [0.29, 0.717) is 6.42 Å². The number of ether oxygens (including phenoxy) is 1. The summed E-state index contributed by atoms with van der Waals surface area (Å²) in [6.45, 7) is 4.57. The van der Waals surface area contributed by atoms with Gasteiger partial charge in [0.1, 0.15) is 0 Å². The van der Waals surface area contributed by atoms with Gasteiger partial charge in [0.2, 0.25) is 0 Å². The van der Waals surface area contributed by atoms with Crippen molar-refractivity contribution in [2.24, 2.45) is 0 Å². The van der Waals surface area contributed by atoms with Crippen LogP contribution in [0.2, 0.25) is 0 Å². The van der Waals surface area contributed by atoms with Gasteiger partial charge in [-0.2, -0.15) is 0 Å². The second kappa shape index (κ2) is 8.01. The highest BCUT2D eigenvalue weighted by Gasteiger charge is 2.07. The summed E-state index contributed by atoms with van der Waals surface area (Å²) in [4.78, 5) is 14.1. The predicted octanol–water partition coefficient (Wildman–Crippen LogP) is 2.54. The van der Waals surface area contributed by atoms with Crippen LogP contribution in [0.1, 0.15) is 28.8 Å². The largest absolute Gasteiger partial charge is 0.385 e. The lowest BCUT2D eigenvalue weighted by Crippen LogP contribution is -2.23. The number of aryl methyl sites for hydroxylation is 1. The number of Topliss-reactive ketones (excluding diaryl/α,β-unsaturated/α-hetero) is 1. The van der Waals surface area contributed by atoms with Gasteiger partial charge in [-0.15, -0.1) is 0 Å². The maximum absolute atomic E-state index is 11.9. The standard InChI is InChI=1S/C15H23NO2/c1-13-5-7-14(8-6-13)15(17)9-11-16(2)10-4-12-18-3/h5-8H,4,9-12H2,1-3H3. The lowest BCUT2D eigenvalue weighted by Gasteiger charge is -2.15. The van der Waals surface area contributed by atoms with Crippen molar-refractivity contribution in [3.05, 3.63) is 35.4 Å². The zero-order valence-electron chi connectivity index (χ0n) is 11.6. The molecule has 0 aliphatic rings. The van der Waals surface area contributed by atoms with Gasteiger partial charge < -0.3 is 9.64 Å². The Morgan fingerprint density at radius 3 is 2.50 bits per heavy atom. The fourth-order valence-corrected chi connectivity index (χ4v) is 1.77. The lowest BCUT2D eigenvalue weighted by atomic mass is 10.1. The maximum atomic E-state index is 11.9. The van der Waals surface area contributed by atoms with Crippen molar-refractivity contribution < 1.29 is 9.53 Å². The number of carbonyl (C=O) groups excluding carboxylic acids is 1. The molecule has 1 aromatic rings. The Bertz CT molecular complexity index is 359. The first-order chi connectivity index (χ1) is 8.63. The monoisotopic (exact) mass is 249 g/mol. The van der Waals surface area contributed by atoms with E-state index in [1.807, 2.05) is 38.2 Å². The summed E-state index contributed by atoms with van der Waals surface area (Å²) >= 11 is 0. The van der Waals surface area contributed by atoms with Crippen LogP contribution >= 0.6 is 0 Å². The molecule has 0 spiro atoms. The molecule has 0 aromatic heterocycles. The summed E-state index contributed by atoms with van der Waals surface area (Å²) in [6.07, 6.45) is 1.58. The Morgan fingerprint density at radius 1 is 1.22 bits per heavy atom. The van der Waals surface area contributed by atoms with E-state index >= 15 is 0 Å². The van der Waals surface area contributed by atoms with Gasteiger partial charge in [-0.05, 0) is 20.4 Å². The molecule has 0 N–H and O–H groups in total. The van der Waals surface area contributed by atoms with Crippen LogP contribution in [0.15, 0.2) is 24.3 Å². The van der Waals surface area contributed by atoms with Gasteiger partial charge in [0.05, 0.1) is 0 Å². The van der Waals surface area contributed by atoms with Gasteiger partial charge in [0, 0.05) is 38.8 Å². The third kappa shape index (κ3) is 5.43. The second-order valence-electron chi connectivity index (χ2n) is 4.69. The first-order valence-corrected chi connectivity index (χ1v) is 6.41. The van der Waals surface area contributed by atoms with Crippen LogP contribution in [0, 0.1) is 6.92 Å². The fourth-order valence-electron chi connectivity index (χ4n) is 1.77. The van der Waals surface area contributed by atoms with E-state index in [0.717, 1.165) is 31.7 Å². The molecule has 18 heavy (non-hydrogen) atoms. The van der Waals surface area contributed by atoms with E-state index < -0.39 is 0 Å². The van der Waals surface area contributed by atoms with E-state index in [-0.39, 0.29) is 5.78 Å². The van der Waals surface area contributed by atoms with Gasteiger partial charge in [0.25, 0.3) is 0 Å². The normalized spacial score (nSPS) is 10.9. The molecular formula is C15H23NO2. The maximum Gasteiger partial charge on any atom is 0.164 e. The number of hydrogen-bond donors (Lipinski definition) is 0. The molecule has 0 heterocycles. The number of methoxy groups -OCH3 is 1. The fraction of sp³-hybridized carbons (Fsp3) is 0.533. The van der Waals surface area contributed by atoms with Crippen LogP contribution in [0.5, 0.6) is 0 Å². The van der Waals surface area contributed by atoms with Gasteiger partial charge in [0.15, 0.2) is 5.78 Å². The summed E-state index contributed by atoms with van der Waals surface area (Å²) in [5, 5.41) is 0. The van der Waals surface area contributed by atoms with Crippen LogP contribution in [0.25, 0.3) is 0 Å². The third-order valence-electron chi connectivity index (χ3n) is 2.98. The highest BCUT2D eigenvalue weighted by molar-refractivity contribution is 5.96. The SMILES string of the molecule is COCCCN(C)CCC(=O)c1ccc(C)cc1. The average molecular weight is 249 g/mol. The van der Waals surface area contributed by atoms with Crippen LogP contribution in [-0.2, 0) is 4.74 Å². The molecule has 0 unspecified atom stereocenters. The number of rotatable bonds is 8. The Morgan fingerprint density at radius 2 is 1.89 bits per heavy atom. The number of hydrogen-bond acceptors (Lipinski definition) is 3. The lowest BCUT2D eigenvalue weighted by molar-refractivity contribution is 0.0967. The smallest absolute Gasteiger partial charge is 0.164 e. The van der Waals surface area contributed by atoms with Crippen molar-refractivity contribution in [3.63, 3.8) is 0 Å². The first-order valence-electron chi connectivity index (χ1n) is 6.41. The first kappa shape index (κ1) is 14.9. The number of ketones is 1. The zero-order valence-corrected chi connectivity index (χ0v) is 11.6. The number of carbonyl (C=O) groups is 1. The summed E-state index contributed by atoms with van der Waals surface area (Å²) < 4.78 is 5.00. The average Bonchev–Trinajstić information content (AvgIpc) is 2.37. The van der Waals surface area contributed by atoms with Crippen molar-refractivity contribution in [1.29, 1.82) is 0 Å². The highest BCUT2D eigenvalue weighted by Crippen LogP contribution is 2.06. The number of nitrogens with zero attached hydrogens (tertiary/aromatic N) is 1. The molecule has 0 radical (unpaired) electrons. The molecule has 100 valence electrons. The van der Waals surface area contributed by atoms with Crippen molar-refractivity contribution in [1.82, 2.24) is 4.90 Å². The molecule has 0 saturated carbocycles. The van der Waals surface area contributed by atoms with Crippen LogP contribution in [-0.4, -0.2) is 44.5 Å². The van der Waals surface area contributed by atoms with E-state index in [1.165, 1.54) is 5.56 Å². The summed E-state index contributed by atoms with van der Waals surface area (Å²) in [7, 11) is 3.75. The van der Waals surface area contributed by atoms with Crippen LogP contribution < -0.4 is 0 Å². The molecule has 1 rings (SSSR count). The molecule has 0 bridgehead atoms. The van der Waals surface area contributed by atoms with Gasteiger partial charge in [-0.3, -0.25) is 4.79 Å². The third-order valence-corrected chi connectivity index (χ3v) is 2.98. The van der Waals surface area contributed by atoms with Crippen LogP contribution in [0.3, 0.4) is 0 Å². The Kier molecular flexibility index (Phi) is 6.61. The molecule has 3 heteroatoms. The second-order valence-corrected chi connectivity index (χ2v) is 4.69.